The summed E-state index contributed by atoms with van der Waals surface area (Å²) in [5.41, 5.74) is 2.22. The standard InChI is InChI=1S/C17H21N5O2/c1-3-21-11-19-20-16(21)9-18-17(24)15-8-13-6-4-5-7-14(13)10-22(15)12(2)23/h4-7,11,15H,3,8-10H2,1-2H3,(H,18,24)/t15-/m1/s1. The third-order valence-electron chi connectivity index (χ3n) is 4.41. The highest BCUT2D eigenvalue weighted by atomic mass is 16.2. The fourth-order valence-electron chi connectivity index (χ4n) is 3.05. The molecule has 1 atom stereocenters. The molecule has 7 nitrogen and oxygen atoms in total. The molecule has 2 heterocycles. The van der Waals surface area contributed by atoms with Gasteiger partial charge >= 0.3 is 0 Å². The van der Waals surface area contributed by atoms with Crippen molar-refractivity contribution in [3.8, 4) is 0 Å². The summed E-state index contributed by atoms with van der Waals surface area (Å²) in [6.07, 6.45) is 2.17. The van der Waals surface area contributed by atoms with Crippen LogP contribution in [-0.4, -0.2) is 37.5 Å². The van der Waals surface area contributed by atoms with E-state index < -0.39 is 6.04 Å². The molecule has 0 fully saturated rings. The summed E-state index contributed by atoms with van der Waals surface area (Å²) in [7, 11) is 0. The number of nitrogens with zero attached hydrogens (tertiary/aromatic N) is 4. The molecular weight excluding hydrogens is 306 g/mol. The maximum atomic E-state index is 12.7. The van der Waals surface area contributed by atoms with Gasteiger partial charge < -0.3 is 14.8 Å². The Kier molecular flexibility index (Phi) is 4.59. The van der Waals surface area contributed by atoms with Gasteiger partial charge in [0.15, 0.2) is 5.82 Å². The first kappa shape index (κ1) is 16.2. The molecule has 0 spiro atoms. The average Bonchev–Trinajstić information content (AvgIpc) is 3.06. The molecular formula is C17H21N5O2. The topological polar surface area (TPSA) is 80.1 Å². The van der Waals surface area contributed by atoms with E-state index in [1.54, 1.807) is 11.2 Å². The van der Waals surface area contributed by atoms with Crippen LogP contribution in [0.5, 0.6) is 0 Å². The molecule has 126 valence electrons. The second kappa shape index (κ2) is 6.82. The fourth-order valence-corrected chi connectivity index (χ4v) is 3.05. The Hall–Kier alpha value is -2.70. The van der Waals surface area contributed by atoms with E-state index in [1.165, 1.54) is 6.92 Å². The monoisotopic (exact) mass is 327 g/mol. The highest BCUT2D eigenvalue weighted by Gasteiger charge is 2.32. The van der Waals surface area contributed by atoms with E-state index in [0.29, 0.717) is 25.3 Å². The van der Waals surface area contributed by atoms with Crippen molar-refractivity contribution in [2.45, 2.75) is 45.9 Å². The molecule has 0 unspecified atom stereocenters. The van der Waals surface area contributed by atoms with E-state index in [9.17, 15) is 9.59 Å². The highest BCUT2D eigenvalue weighted by Crippen LogP contribution is 2.23. The first-order valence-corrected chi connectivity index (χ1v) is 8.08. The summed E-state index contributed by atoms with van der Waals surface area (Å²) in [5, 5.41) is 10.8. The minimum Gasteiger partial charge on any atom is -0.347 e. The van der Waals surface area contributed by atoms with Gasteiger partial charge in [0.2, 0.25) is 11.8 Å². The van der Waals surface area contributed by atoms with E-state index in [4.69, 9.17) is 0 Å². The normalized spacial score (nSPS) is 16.6. The van der Waals surface area contributed by atoms with Crippen LogP contribution >= 0.6 is 0 Å². The van der Waals surface area contributed by atoms with E-state index >= 15 is 0 Å². The Labute approximate surface area is 140 Å². The third kappa shape index (κ3) is 3.15. The van der Waals surface area contributed by atoms with Crippen molar-refractivity contribution in [1.29, 1.82) is 0 Å². The second-order valence-electron chi connectivity index (χ2n) is 5.89. The number of amides is 2. The van der Waals surface area contributed by atoms with Crippen LogP contribution < -0.4 is 5.32 Å². The molecule has 0 saturated heterocycles. The van der Waals surface area contributed by atoms with Crippen molar-refractivity contribution in [1.82, 2.24) is 25.0 Å². The van der Waals surface area contributed by atoms with Crippen LogP contribution in [0.1, 0.15) is 30.8 Å². The predicted molar refractivity (Wildman–Crippen MR) is 87.7 cm³/mol. The Morgan fingerprint density at radius 3 is 2.75 bits per heavy atom. The second-order valence-corrected chi connectivity index (χ2v) is 5.89. The number of fused-ring (bicyclic) bond motifs is 1. The van der Waals surface area contributed by atoms with Gasteiger partial charge in [0.25, 0.3) is 0 Å². The number of benzene rings is 1. The molecule has 1 aliphatic rings. The summed E-state index contributed by atoms with van der Waals surface area (Å²) in [6, 6.07) is 7.44. The number of rotatable bonds is 4. The molecule has 0 saturated carbocycles. The minimum absolute atomic E-state index is 0.0959. The van der Waals surface area contributed by atoms with Crippen LogP contribution in [0.15, 0.2) is 30.6 Å². The van der Waals surface area contributed by atoms with Crippen LogP contribution in [0.25, 0.3) is 0 Å². The molecule has 0 aliphatic carbocycles. The molecule has 1 aromatic heterocycles. The van der Waals surface area contributed by atoms with Gasteiger partial charge in [-0.05, 0) is 18.1 Å². The summed E-state index contributed by atoms with van der Waals surface area (Å²) in [4.78, 5) is 26.3. The molecule has 1 aliphatic heterocycles. The van der Waals surface area contributed by atoms with Crippen molar-refractivity contribution >= 4 is 11.8 Å². The quantitative estimate of drug-likeness (QED) is 0.904. The number of aryl methyl sites for hydroxylation is 1. The molecule has 0 bridgehead atoms. The molecule has 2 amide bonds. The van der Waals surface area contributed by atoms with Crippen LogP contribution in [0, 0.1) is 0 Å². The van der Waals surface area contributed by atoms with Gasteiger partial charge in [-0.2, -0.15) is 0 Å². The molecule has 24 heavy (non-hydrogen) atoms. The Bertz CT molecular complexity index is 755. The van der Waals surface area contributed by atoms with Gasteiger partial charge in [0.1, 0.15) is 12.4 Å². The van der Waals surface area contributed by atoms with Gasteiger partial charge in [0, 0.05) is 26.4 Å². The van der Waals surface area contributed by atoms with Crippen molar-refractivity contribution in [3.05, 3.63) is 47.5 Å². The Morgan fingerprint density at radius 1 is 1.29 bits per heavy atom. The molecule has 0 radical (unpaired) electrons. The van der Waals surface area contributed by atoms with Gasteiger partial charge in [-0.25, -0.2) is 0 Å². The smallest absolute Gasteiger partial charge is 0.243 e. The van der Waals surface area contributed by atoms with Crippen LogP contribution in [0.4, 0.5) is 0 Å². The Morgan fingerprint density at radius 2 is 2.04 bits per heavy atom. The number of nitrogens with one attached hydrogen (secondary N) is 1. The van der Waals surface area contributed by atoms with E-state index in [0.717, 1.165) is 17.7 Å². The number of carbonyl (C=O) groups is 2. The molecule has 3 rings (SSSR count). The van der Waals surface area contributed by atoms with Crippen molar-refractivity contribution in [2.24, 2.45) is 0 Å². The fraction of sp³-hybridized carbons (Fsp3) is 0.412. The van der Waals surface area contributed by atoms with E-state index in [-0.39, 0.29) is 11.8 Å². The molecule has 7 heteroatoms. The van der Waals surface area contributed by atoms with Gasteiger partial charge in [0.05, 0.1) is 6.54 Å². The third-order valence-corrected chi connectivity index (χ3v) is 4.41. The Balaban J connectivity index is 1.74. The van der Waals surface area contributed by atoms with Gasteiger partial charge in [-0.1, -0.05) is 24.3 Å². The lowest BCUT2D eigenvalue weighted by Crippen LogP contribution is -2.51. The highest BCUT2D eigenvalue weighted by molar-refractivity contribution is 5.87. The summed E-state index contributed by atoms with van der Waals surface area (Å²) in [6.45, 7) is 5.01. The lowest BCUT2D eigenvalue weighted by molar-refractivity contribution is -0.140. The maximum absolute atomic E-state index is 12.7. The average molecular weight is 327 g/mol. The number of hydrogen-bond donors (Lipinski definition) is 1. The lowest BCUT2D eigenvalue weighted by atomic mass is 9.93. The maximum Gasteiger partial charge on any atom is 0.243 e. The molecule has 1 aromatic carbocycles. The van der Waals surface area contributed by atoms with E-state index in [1.807, 2.05) is 35.8 Å². The van der Waals surface area contributed by atoms with Crippen molar-refractivity contribution in [3.63, 3.8) is 0 Å². The summed E-state index contributed by atoms with van der Waals surface area (Å²) in [5.74, 6) is 0.447. The summed E-state index contributed by atoms with van der Waals surface area (Å²) < 4.78 is 1.87. The minimum atomic E-state index is -0.490. The summed E-state index contributed by atoms with van der Waals surface area (Å²) >= 11 is 0. The van der Waals surface area contributed by atoms with Crippen LogP contribution in [0.3, 0.4) is 0 Å². The van der Waals surface area contributed by atoms with Gasteiger partial charge in [-0.15, -0.1) is 10.2 Å². The first-order valence-electron chi connectivity index (χ1n) is 8.08. The van der Waals surface area contributed by atoms with Crippen molar-refractivity contribution in [2.75, 3.05) is 0 Å². The number of hydrogen-bond acceptors (Lipinski definition) is 4. The SMILES string of the molecule is CCn1cnnc1CNC(=O)[C@H]1Cc2ccccc2CN1C(C)=O. The first-order chi connectivity index (χ1) is 11.6. The largest absolute Gasteiger partial charge is 0.347 e. The van der Waals surface area contributed by atoms with Gasteiger partial charge in [-0.3, -0.25) is 9.59 Å². The zero-order chi connectivity index (χ0) is 17.1. The zero-order valence-corrected chi connectivity index (χ0v) is 13.9. The van der Waals surface area contributed by atoms with Crippen LogP contribution in [0.2, 0.25) is 0 Å². The number of carbonyl (C=O) groups excluding carboxylic acids is 2. The lowest BCUT2D eigenvalue weighted by Gasteiger charge is -2.35. The van der Waals surface area contributed by atoms with Crippen molar-refractivity contribution < 1.29 is 9.59 Å². The number of aromatic nitrogens is 3. The molecule has 2 aromatic rings. The zero-order valence-electron chi connectivity index (χ0n) is 13.9. The molecule has 1 N–H and O–H groups in total. The van der Waals surface area contributed by atoms with Crippen LogP contribution in [-0.2, 0) is 35.6 Å². The van der Waals surface area contributed by atoms with E-state index in [2.05, 4.69) is 15.5 Å². The predicted octanol–water partition coefficient (Wildman–Crippen LogP) is 0.888.